The van der Waals surface area contributed by atoms with Gasteiger partial charge in [-0.3, -0.25) is 4.79 Å². The summed E-state index contributed by atoms with van der Waals surface area (Å²) in [5.41, 5.74) is 1.98. The van der Waals surface area contributed by atoms with Gasteiger partial charge in [0.25, 0.3) is 0 Å². The topological polar surface area (TPSA) is 32.3 Å². The Labute approximate surface area is 137 Å². The van der Waals surface area contributed by atoms with Gasteiger partial charge < -0.3 is 10.2 Å². The molecule has 0 spiro atoms. The monoisotopic (exact) mass is 442 g/mol. The predicted octanol–water partition coefficient (Wildman–Crippen LogP) is 2.83. The number of ketones is 1. The van der Waals surface area contributed by atoms with E-state index in [4.69, 9.17) is 0 Å². The van der Waals surface area contributed by atoms with Gasteiger partial charge in [-0.1, -0.05) is 15.9 Å². The van der Waals surface area contributed by atoms with Crippen LogP contribution in [0.1, 0.15) is 10.4 Å². The fourth-order valence-corrected chi connectivity index (χ4v) is 2.18. The molecular formula is C12H17Br3N2O. The molecule has 0 amide bonds. The lowest BCUT2D eigenvalue weighted by atomic mass is 10.1. The molecule has 1 aliphatic rings. The second-order valence-electron chi connectivity index (χ2n) is 3.84. The Bertz CT molecular complexity index is 364. The maximum absolute atomic E-state index is 11.4. The summed E-state index contributed by atoms with van der Waals surface area (Å²) < 4.78 is 0. The van der Waals surface area contributed by atoms with Crippen LogP contribution in [0.5, 0.6) is 0 Å². The van der Waals surface area contributed by atoms with Crippen molar-refractivity contribution in [3.8, 4) is 0 Å². The average Bonchev–Trinajstić information content (AvgIpc) is 2.39. The molecule has 0 aliphatic carbocycles. The number of piperazine rings is 1. The minimum atomic E-state index is 0. The highest BCUT2D eigenvalue weighted by Gasteiger charge is 2.10. The first-order valence-electron chi connectivity index (χ1n) is 5.46. The summed E-state index contributed by atoms with van der Waals surface area (Å²) in [5, 5.41) is 3.71. The van der Waals surface area contributed by atoms with Gasteiger partial charge >= 0.3 is 0 Å². The maximum atomic E-state index is 11.4. The molecule has 3 nitrogen and oxygen atoms in total. The van der Waals surface area contributed by atoms with Crippen LogP contribution in [-0.4, -0.2) is 37.3 Å². The Balaban J connectivity index is 0.00000144. The van der Waals surface area contributed by atoms with Gasteiger partial charge in [-0.2, -0.15) is 0 Å². The molecule has 1 aliphatic heterocycles. The standard InChI is InChI=1S/C12H15BrN2O.2BrH/c13-9-12(16)10-1-3-11(4-2-10)15-7-5-14-6-8-15;;/h1-4,14H,5-9H2;2*1H. The number of rotatable bonds is 3. The van der Waals surface area contributed by atoms with Crippen molar-refractivity contribution in [1.29, 1.82) is 0 Å². The van der Waals surface area contributed by atoms with E-state index >= 15 is 0 Å². The third kappa shape index (κ3) is 4.64. The van der Waals surface area contributed by atoms with Crippen LogP contribution in [0, 0.1) is 0 Å². The summed E-state index contributed by atoms with van der Waals surface area (Å²) in [7, 11) is 0. The Hall–Kier alpha value is 0.0900. The van der Waals surface area contributed by atoms with Crippen molar-refractivity contribution in [3.63, 3.8) is 0 Å². The van der Waals surface area contributed by atoms with Crippen molar-refractivity contribution in [2.45, 2.75) is 0 Å². The summed E-state index contributed by atoms with van der Waals surface area (Å²) in [5.74, 6) is 0.131. The third-order valence-corrected chi connectivity index (χ3v) is 3.30. The van der Waals surface area contributed by atoms with Crippen LogP contribution >= 0.6 is 49.9 Å². The van der Waals surface area contributed by atoms with Crippen LogP contribution in [0.2, 0.25) is 0 Å². The van der Waals surface area contributed by atoms with E-state index in [2.05, 4.69) is 26.1 Å². The van der Waals surface area contributed by atoms with E-state index < -0.39 is 0 Å². The zero-order valence-electron chi connectivity index (χ0n) is 9.89. The molecule has 0 atom stereocenters. The fraction of sp³-hybridized carbons (Fsp3) is 0.417. The van der Waals surface area contributed by atoms with Crippen molar-refractivity contribution in [1.82, 2.24) is 5.32 Å². The minimum Gasteiger partial charge on any atom is -0.369 e. The molecule has 18 heavy (non-hydrogen) atoms. The molecule has 1 saturated heterocycles. The summed E-state index contributed by atoms with van der Waals surface area (Å²) in [6.07, 6.45) is 0. The van der Waals surface area contributed by atoms with Gasteiger partial charge in [0.15, 0.2) is 5.78 Å². The lowest BCUT2D eigenvalue weighted by Crippen LogP contribution is -2.43. The van der Waals surface area contributed by atoms with E-state index in [1.54, 1.807) is 0 Å². The molecule has 1 aromatic rings. The second kappa shape index (κ2) is 9.07. The van der Waals surface area contributed by atoms with Gasteiger partial charge in [-0.15, -0.1) is 34.0 Å². The van der Waals surface area contributed by atoms with Crippen molar-refractivity contribution >= 4 is 61.4 Å². The number of hydrogen-bond acceptors (Lipinski definition) is 3. The number of anilines is 1. The molecule has 6 heteroatoms. The molecule has 1 N–H and O–H groups in total. The number of nitrogens with zero attached hydrogens (tertiary/aromatic N) is 1. The lowest BCUT2D eigenvalue weighted by Gasteiger charge is -2.29. The van der Waals surface area contributed by atoms with Gasteiger partial charge in [-0.25, -0.2) is 0 Å². The van der Waals surface area contributed by atoms with Gasteiger partial charge in [0, 0.05) is 37.4 Å². The third-order valence-electron chi connectivity index (χ3n) is 2.79. The predicted molar refractivity (Wildman–Crippen MR) is 90.3 cm³/mol. The first-order valence-corrected chi connectivity index (χ1v) is 6.58. The quantitative estimate of drug-likeness (QED) is 0.574. The lowest BCUT2D eigenvalue weighted by molar-refractivity contribution is 0.102. The molecule has 0 unspecified atom stereocenters. The number of alkyl halides is 1. The number of carbonyl (C=O) groups is 1. The molecule has 1 fully saturated rings. The largest absolute Gasteiger partial charge is 0.369 e. The van der Waals surface area contributed by atoms with Crippen molar-refractivity contribution in [2.75, 3.05) is 36.4 Å². The zero-order valence-corrected chi connectivity index (χ0v) is 14.9. The van der Waals surface area contributed by atoms with E-state index in [9.17, 15) is 4.79 Å². The molecule has 0 radical (unpaired) electrons. The molecule has 2 rings (SSSR count). The van der Waals surface area contributed by atoms with E-state index in [1.165, 1.54) is 5.69 Å². The number of Topliss-reactive ketones (excluding diaryl/α,β-unsaturated/α-hetero) is 1. The zero-order chi connectivity index (χ0) is 11.4. The smallest absolute Gasteiger partial charge is 0.173 e. The average molecular weight is 445 g/mol. The van der Waals surface area contributed by atoms with Crippen LogP contribution in [0.25, 0.3) is 0 Å². The number of nitrogens with one attached hydrogen (secondary N) is 1. The second-order valence-corrected chi connectivity index (χ2v) is 4.40. The first-order chi connectivity index (χ1) is 7.81. The van der Waals surface area contributed by atoms with Crippen LogP contribution in [-0.2, 0) is 0 Å². The normalized spacial score (nSPS) is 14.4. The van der Waals surface area contributed by atoms with E-state index in [1.807, 2.05) is 24.3 Å². The van der Waals surface area contributed by atoms with Gasteiger partial charge in [-0.05, 0) is 24.3 Å². The molecular weight excluding hydrogens is 428 g/mol. The van der Waals surface area contributed by atoms with E-state index in [0.29, 0.717) is 5.33 Å². The highest BCUT2D eigenvalue weighted by molar-refractivity contribution is 9.09. The number of benzene rings is 1. The number of halogens is 3. The molecule has 0 aromatic heterocycles. The SMILES string of the molecule is Br.Br.O=C(CBr)c1ccc(N2CCNCC2)cc1. The van der Waals surface area contributed by atoms with E-state index in [-0.39, 0.29) is 39.7 Å². The Morgan fingerprint density at radius 3 is 2.22 bits per heavy atom. The highest BCUT2D eigenvalue weighted by atomic mass is 79.9. The molecule has 102 valence electrons. The van der Waals surface area contributed by atoms with Crippen molar-refractivity contribution in [3.05, 3.63) is 29.8 Å². The van der Waals surface area contributed by atoms with Gasteiger partial charge in [0.2, 0.25) is 0 Å². The molecule has 1 aromatic carbocycles. The minimum absolute atomic E-state index is 0. The summed E-state index contributed by atoms with van der Waals surface area (Å²) in [6, 6.07) is 7.87. The summed E-state index contributed by atoms with van der Waals surface area (Å²) in [6.45, 7) is 4.13. The first kappa shape index (κ1) is 18.1. The number of carbonyl (C=O) groups excluding carboxylic acids is 1. The highest BCUT2D eigenvalue weighted by Crippen LogP contribution is 2.16. The Morgan fingerprint density at radius 2 is 1.72 bits per heavy atom. The Kier molecular flexibility index (Phi) is 9.11. The summed E-state index contributed by atoms with van der Waals surface area (Å²) in [4.78, 5) is 13.8. The Morgan fingerprint density at radius 1 is 1.17 bits per heavy atom. The van der Waals surface area contributed by atoms with Crippen LogP contribution in [0.3, 0.4) is 0 Å². The van der Waals surface area contributed by atoms with Crippen LogP contribution in [0.15, 0.2) is 24.3 Å². The van der Waals surface area contributed by atoms with Crippen molar-refractivity contribution in [2.24, 2.45) is 0 Å². The summed E-state index contributed by atoms with van der Waals surface area (Å²) >= 11 is 3.18. The van der Waals surface area contributed by atoms with Gasteiger partial charge in [0.05, 0.1) is 5.33 Å². The molecule has 0 saturated carbocycles. The van der Waals surface area contributed by atoms with Crippen molar-refractivity contribution < 1.29 is 4.79 Å². The fourth-order valence-electron chi connectivity index (χ4n) is 1.86. The molecule has 1 heterocycles. The van der Waals surface area contributed by atoms with Crippen LogP contribution < -0.4 is 10.2 Å². The van der Waals surface area contributed by atoms with Gasteiger partial charge in [0.1, 0.15) is 0 Å². The molecule has 0 bridgehead atoms. The van der Waals surface area contributed by atoms with Crippen LogP contribution in [0.4, 0.5) is 5.69 Å². The van der Waals surface area contributed by atoms with E-state index in [0.717, 1.165) is 31.7 Å². The number of hydrogen-bond donors (Lipinski definition) is 1. The maximum Gasteiger partial charge on any atom is 0.173 e.